The van der Waals surface area contributed by atoms with Crippen LogP contribution >= 0.6 is 0 Å². The van der Waals surface area contributed by atoms with Crippen LogP contribution in [0.3, 0.4) is 0 Å². The van der Waals surface area contributed by atoms with Gasteiger partial charge >= 0.3 is 6.18 Å². The molecule has 0 bridgehead atoms. The summed E-state index contributed by atoms with van der Waals surface area (Å²) < 4.78 is 38.8. The van der Waals surface area contributed by atoms with Crippen molar-refractivity contribution in [3.63, 3.8) is 0 Å². The van der Waals surface area contributed by atoms with E-state index in [0.29, 0.717) is 0 Å². The third-order valence-electron chi connectivity index (χ3n) is 3.14. The third-order valence-corrected chi connectivity index (χ3v) is 3.14. The molecule has 0 aliphatic heterocycles. The maximum atomic E-state index is 12.9. The number of rotatable bonds is 4. The molecule has 5 heteroatoms. The Morgan fingerprint density at radius 1 is 1.10 bits per heavy atom. The monoisotopic (exact) mass is 280 g/mol. The summed E-state index contributed by atoms with van der Waals surface area (Å²) in [4.78, 5) is 3.90. The predicted octanol–water partition coefficient (Wildman–Crippen LogP) is 3.60. The Morgan fingerprint density at radius 2 is 1.80 bits per heavy atom. The van der Waals surface area contributed by atoms with Crippen LogP contribution in [-0.2, 0) is 12.6 Å². The summed E-state index contributed by atoms with van der Waals surface area (Å²) >= 11 is 0. The van der Waals surface area contributed by atoms with Crippen LogP contribution in [0.15, 0.2) is 48.7 Å². The van der Waals surface area contributed by atoms with Crippen molar-refractivity contribution in [3.05, 3.63) is 65.5 Å². The third kappa shape index (κ3) is 3.36. The van der Waals surface area contributed by atoms with Crippen LogP contribution in [0.4, 0.5) is 13.2 Å². The van der Waals surface area contributed by atoms with Crippen LogP contribution in [0.25, 0.3) is 0 Å². The maximum absolute atomic E-state index is 12.9. The van der Waals surface area contributed by atoms with E-state index in [2.05, 4.69) is 10.3 Å². The van der Waals surface area contributed by atoms with Crippen molar-refractivity contribution in [3.8, 4) is 0 Å². The number of alkyl halides is 3. The average Bonchev–Trinajstić information content (AvgIpc) is 2.45. The second-order valence-electron chi connectivity index (χ2n) is 4.45. The highest BCUT2D eigenvalue weighted by molar-refractivity contribution is 5.27. The first-order valence-corrected chi connectivity index (χ1v) is 6.25. The van der Waals surface area contributed by atoms with Crippen molar-refractivity contribution < 1.29 is 13.2 Å². The quantitative estimate of drug-likeness (QED) is 0.925. The average molecular weight is 280 g/mol. The zero-order chi connectivity index (χ0) is 14.6. The molecule has 1 atom stereocenters. The highest BCUT2D eigenvalue weighted by Gasteiger charge is 2.34. The van der Waals surface area contributed by atoms with Crippen LogP contribution < -0.4 is 5.32 Å². The van der Waals surface area contributed by atoms with E-state index in [1.807, 2.05) is 30.3 Å². The van der Waals surface area contributed by atoms with E-state index in [0.717, 1.165) is 11.6 Å². The van der Waals surface area contributed by atoms with Crippen LogP contribution in [0, 0.1) is 0 Å². The lowest BCUT2D eigenvalue weighted by molar-refractivity contribution is -0.138. The predicted molar refractivity (Wildman–Crippen MR) is 71.2 cm³/mol. The van der Waals surface area contributed by atoms with Gasteiger partial charge in [-0.3, -0.25) is 4.98 Å². The van der Waals surface area contributed by atoms with Gasteiger partial charge in [0.25, 0.3) is 0 Å². The van der Waals surface area contributed by atoms with Crippen LogP contribution in [-0.4, -0.2) is 12.0 Å². The van der Waals surface area contributed by atoms with E-state index in [-0.39, 0.29) is 18.2 Å². The Bertz CT molecular complexity index is 553. The largest absolute Gasteiger partial charge is 0.418 e. The van der Waals surface area contributed by atoms with Gasteiger partial charge in [0, 0.05) is 18.7 Å². The van der Waals surface area contributed by atoms with Crippen molar-refractivity contribution in [1.82, 2.24) is 10.3 Å². The molecule has 1 N–H and O–H groups in total. The molecular formula is C15H15F3N2. The second-order valence-corrected chi connectivity index (χ2v) is 4.45. The number of hydrogen-bond acceptors (Lipinski definition) is 2. The summed E-state index contributed by atoms with van der Waals surface area (Å²) in [6, 6.07) is 11.5. The van der Waals surface area contributed by atoms with Crippen LogP contribution in [0.5, 0.6) is 0 Å². The molecule has 0 spiro atoms. The number of halogens is 3. The smallest absolute Gasteiger partial charge is 0.313 e. The minimum atomic E-state index is -4.38. The summed E-state index contributed by atoms with van der Waals surface area (Å²) in [6.07, 6.45) is -2.79. The van der Waals surface area contributed by atoms with E-state index in [9.17, 15) is 13.2 Å². The Hall–Kier alpha value is -1.88. The highest BCUT2D eigenvalue weighted by atomic mass is 19.4. The molecule has 20 heavy (non-hydrogen) atoms. The summed E-state index contributed by atoms with van der Waals surface area (Å²) in [5.74, 6) is 0. The molecule has 1 unspecified atom stereocenters. The van der Waals surface area contributed by atoms with Gasteiger partial charge in [-0.2, -0.15) is 13.2 Å². The fraction of sp³-hybridized carbons (Fsp3) is 0.267. The van der Waals surface area contributed by atoms with Gasteiger partial charge in [0.2, 0.25) is 0 Å². The van der Waals surface area contributed by atoms with E-state index in [1.165, 1.54) is 12.3 Å². The van der Waals surface area contributed by atoms with Crippen LogP contribution in [0.2, 0.25) is 0 Å². The van der Waals surface area contributed by atoms with Crippen molar-refractivity contribution in [2.45, 2.75) is 18.6 Å². The maximum Gasteiger partial charge on any atom is 0.418 e. The van der Waals surface area contributed by atoms with Gasteiger partial charge in [-0.05, 0) is 24.7 Å². The number of aromatic nitrogens is 1. The molecule has 2 rings (SSSR count). The van der Waals surface area contributed by atoms with Crippen molar-refractivity contribution in [2.24, 2.45) is 0 Å². The zero-order valence-electron chi connectivity index (χ0n) is 11.0. The molecule has 0 saturated carbocycles. The van der Waals surface area contributed by atoms with Crippen molar-refractivity contribution >= 4 is 0 Å². The first kappa shape index (κ1) is 14.5. The first-order valence-electron chi connectivity index (χ1n) is 6.25. The first-order chi connectivity index (χ1) is 9.52. The molecular weight excluding hydrogens is 265 g/mol. The van der Waals surface area contributed by atoms with E-state index in [1.54, 1.807) is 7.05 Å². The standard InChI is InChI=1S/C15H15F3N2/c1-19-13(11-6-3-2-4-7-11)10-14-12(15(16,17)18)8-5-9-20-14/h2-9,13,19H,10H2,1H3. The Balaban J connectivity index is 2.29. The number of nitrogens with zero attached hydrogens (tertiary/aromatic N) is 1. The molecule has 1 heterocycles. The highest BCUT2D eigenvalue weighted by Crippen LogP contribution is 2.32. The van der Waals surface area contributed by atoms with Gasteiger partial charge in [-0.15, -0.1) is 0 Å². The topological polar surface area (TPSA) is 24.9 Å². The molecule has 0 amide bonds. The fourth-order valence-electron chi connectivity index (χ4n) is 2.12. The molecule has 0 aliphatic rings. The van der Waals surface area contributed by atoms with E-state index < -0.39 is 11.7 Å². The lowest BCUT2D eigenvalue weighted by Gasteiger charge is -2.18. The van der Waals surface area contributed by atoms with E-state index >= 15 is 0 Å². The molecule has 0 radical (unpaired) electrons. The number of likely N-dealkylation sites (N-methyl/N-ethyl adjacent to an activating group) is 1. The minimum Gasteiger partial charge on any atom is -0.313 e. The Labute approximate surface area is 115 Å². The number of nitrogens with one attached hydrogen (secondary N) is 1. The molecule has 2 nitrogen and oxygen atoms in total. The van der Waals surface area contributed by atoms with E-state index in [4.69, 9.17) is 0 Å². The van der Waals surface area contributed by atoms with Gasteiger partial charge in [-0.1, -0.05) is 30.3 Å². The summed E-state index contributed by atoms with van der Waals surface area (Å²) in [7, 11) is 1.73. The van der Waals surface area contributed by atoms with Gasteiger partial charge < -0.3 is 5.32 Å². The van der Waals surface area contributed by atoms with Gasteiger partial charge in [-0.25, -0.2) is 0 Å². The molecule has 2 aromatic rings. The number of benzene rings is 1. The fourth-order valence-corrected chi connectivity index (χ4v) is 2.12. The van der Waals surface area contributed by atoms with Crippen LogP contribution in [0.1, 0.15) is 22.9 Å². The summed E-state index contributed by atoms with van der Waals surface area (Å²) in [6.45, 7) is 0. The van der Waals surface area contributed by atoms with Crippen molar-refractivity contribution in [2.75, 3.05) is 7.05 Å². The van der Waals surface area contributed by atoms with Gasteiger partial charge in [0.15, 0.2) is 0 Å². The second kappa shape index (κ2) is 6.05. The van der Waals surface area contributed by atoms with Gasteiger partial charge in [0.1, 0.15) is 0 Å². The Morgan fingerprint density at radius 3 is 2.40 bits per heavy atom. The normalized spacial score (nSPS) is 13.2. The summed E-state index contributed by atoms with van der Waals surface area (Å²) in [5.41, 5.74) is 0.327. The SMILES string of the molecule is CNC(Cc1ncccc1C(F)(F)F)c1ccccc1. The Kier molecular flexibility index (Phi) is 4.39. The summed E-state index contributed by atoms with van der Waals surface area (Å²) in [5, 5.41) is 3.04. The molecule has 106 valence electrons. The lowest BCUT2D eigenvalue weighted by atomic mass is 9.99. The molecule has 0 aliphatic carbocycles. The molecule has 1 aromatic heterocycles. The number of hydrogen-bond donors (Lipinski definition) is 1. The zero-order valence-corrected chi connectivity index (χ0v) is 11.0. The molecule has 1 aromatic carbocycles. The molecule has 0 fully saturated rings. The lowest BCUT2D eigenvalue weighted by Crippen LogP contribution is -2.21. The van der Waals surface area contributed by atoms with Gasteiger partial charge in [0.05, 0.1) is 11.3 Å². The molecule has 0 saturated heterocycles. The number of pyridine rings is 1. The minimum absolute atomic E-state index is 0.0585. The van der Waals surface area contributed by atoms with Crippen molar-refractivity contribution in [1.29, 1.82) is 0 Å².